The molecule has 242 valence electrons. The molecule has 1 saturated carbocycles. The molecule has 1 saturated heterocycles. The number of rotatable bonds is 4. The van der Waals surface area contributed by atoms with Crippen molar-refractivity contribution >= 4 is 50.2 Å². The number of fused-ring (bicyclic) bond motifs is 3. The van der Waals surface area contributed by atoms with E-state index in [2.05, 4.69) is 41.3 Å². The van der Waals surface area contributed by atoms with Crippen molar-refractivity contribution in [2.75, 3.05) is 25.1 Å². The molecule has 6 heterocycles. The molecule has 2 bridgehead atoms. The highest BCUT2D eigenvalue weighted by molar-refractivity contribution is 9.10. The summed E-state index contributed by atoms with van der Waals surface area (Å²) in [5, 5.41) is 8.15. The molecule has 2 aliphatic heterocycles. The Morgan fingerprint density at radius 3 is 2.62 bits per heavy atom. The number of carbonyl (C=O) groups excluding carboxylic acids is 3. The quantitative estimate of drug-likeness (QED) is 0.188. The lowest BCUT2D eigenvalue weighted by Gasteiger charge is -2.27. The van der Waals surface area contributed by atoms with Gasteiger partial charge in [0.1, 0.15) is 34.5 Å². The van der Waals surface area contributed by atoms with Crippen molar-refractivity contribution in [3.8, 4) is 11.3 Å². The number of piperidine rings is 1. The van der Waals surface area contributed by atoms with Crippen molar-refractivity contribution in [3.05, 3.63) is 70.1 Å². The van der Waals surface area contributed by atoms with Crippen LogP contribution in [0.15, 0.2) is 47.3 Å². The van der Waals surface area contributed by atoms with Crippen molar-refractivity contribution in [2.45, 2.75) is 58.8 Å². The molecule has 14 heteroatoms. The summed E-state index contributed by atoms with van der Waals surface area (Å²) in [7, 11) is 0. The summed E-state index contributed by atoms with van der Waals surface area (Å²) in [5.41, 5.74) is 3.11. The van der Waals surface area contributed by atoms with Gasteiger partial charge in [0.05, 0.1) is 43.3 Å². The van der Waals surface area contributed by atoms with Gasteiger partial charge in [-0.15, -0.1) is 0 Å². The molecule has 13 nitrogen and oxygen atoms in total. The number of hydrogen-bond donors (Lipinski definition) is 1. The second kappa shape index (κ2) is 12.3. The number of carbonyl (C=O) groups is 3. The second-order valence-electron chi connectivity index (χ2n) is 12.3. The summed E-state index contributed by atoms with van der Waals surface area (Å²) in [6.07, 6.45) is 8.37. The van der Waals surface area contributed by atoms with E-state index in [9.17, 15) is 14.4 Å². The molecule has 1 N–H and O–H groups in total. The Labute approximate surface area is 278 Å². The number of aromatic nitrogens is 6. The fourth-order valence-corrected chi connectivity index (χ4v) is 6.98. The van der Waals surface area contributed by atoms with Gasteiger partial charge in [-0.05, 0) is 54.8 Å². The number of aryl methyl sites for hydroxylation is 2. The Bertz CT molecular complexity index is 1940. The van der Waals surface area contributed by atoms with Gasteiger partial charge in [0.15, 0.2) is 5.78 Å². The first-order chi connectivity index (χ1) is 22.6. The zero-order valence-electron chi connectivity index (χ0n) is 26.2. The zero-order chi connectivity index (χ0) is 32.9. The molecule has 4 aromatic heterocycles. The summed E-state index contributed by atoms with van der Waals surface area (Å²) >= 11 is 3.40. The van der Waals surface area contributed by atoms with E-state index in [4.69, 9.17) is 14.5 Å². The van der Waals surface area contributed by atoms with E-state index in [0.29, 0.717) is 70.3 Å². The Morgan fingerprint density at radius 2 is 1.85 bits per heavy atom. The van der Waals surface area contributed by atoms with Crippen LogP contribution >= 0.6 is 15.9 Å². The molecular weight excluding hydrogens is 668 g/mol. The van der Waals surface area contributed by atoms with Gasteiger partial charge in [-0.1, -0.05) is 18.2 Å². The fourth-order valence-electron chi connectivity index (χ4n) is 6.67. The number of amides is 2. The van der Waals surface area contributed by atoms with Gasteiger partial charge in [-0.2, -0.15) is 5.10 Å². The summed E-state index contributed by atoms with van der Waals surface area (Å²) < 4.78 is 13.9. The van der Waals surface area contributed by atoms with Gasteiger partial charge in [0.25, 0.3) is 0 Å². The minimum absolute atomic E-state index is 0.164. The van der Waals surface area contributed by atoms with Crippen LogP contribution in [0.4, 0.5) is 5.82 Å². The molecule has 47 heavy (non-hydrogen) atoms. The van der Waals surface area contributed by atoms with Gasteiger partial charge in [-0.3, -0.25) is 24.0 Å². The zero-order valence-corrected chi connectivity index (χ0v) is 27.8. The maximum atomic E-state index is 14.2. The van der Waals surface area contributed by atoms with Crippen molar-refractivity contribution in [1.29, 1.82) is 0 Å². The lowest BCUT2D eigenvalue weighted by atomic mass is 10.00. The number of halogens is 1. The second-order valence-corrected chi connectivity index (χ2v) is 13.1. The van der Waals surface area contributed by atoms with E-state index in [0.717, 1.165) is 12.0 Å². The number of likely N-dealkylation sites (tertiary alicyclic amines) is 1. The van der Waals surface area contributed by atoms with Crippen LogP contribution in [0.25, 0.3) is 22.2 Å². The molecule has 2 fully saturated rings. The Balaban J connectivity index is 1.22. The van der Waals surface area contributed by atoms with Gasteiger partial charge in [-0.25, -0.2) is 15.0 Å². The average molecular weight is 702 g/mol. The molecule has 4 aromatic rings. The highest BCUT2D eigenvalue weighted by atomic mass is 79.9. The van der Waals surface area contributed by atoms with Gasteiger partial charge < -0.3 is 19.7 Å². The summed E-state index contributed by atoms with van der Waals surface area (Å²) in [5.74, 6) is 0.162. The number of hydrogen-bond acceptors (Lipinski definition) is 10. The van der Waals surface area contributed by atoms with Crippen molar-refractivity contribution in [2.24, 2.45) is 5.41 Å². The number of pyridine rings is 2. The average Bonchev–Trinajstić information content (AvgIpc) is 3.43. The van der Waals surface area contributed by atoms with Crippen LogP contribution in [0.5, 0.6) is 0 Å². The SMILES string of the molecule is CC(=O)c1nn(CC(=O)N2[C@H]3C[C@@]4(COCC=CCOCc5ccc(Br)nc5NC3=O)C[C@@H]24)c2c(C)nc(-c3cnc(C)nc3)cc12. The molecule has 3 atom stereocenters. The number of ether oxygens (including phenoxy) is 2. The lowest BCUT2D eigenvalue weighted by Crippen LogP contribution is -2.47. The van der Waals surface area contributed by atoms with Crippen molar-refractivity contribution < 1.29 is 23.9 Å². The van der Waals surface area contributed by atoms with Crippen molar-refractivity contribution in [1.82, 2.24) is 34.6 Å². The number of anilines is 1. The van der Waals surface area contributed by atoms with Crippen LogP contribution in [0.3, 0.4) is 0 Å². The highest BCUT2D eigenvalue weighted by Gasteiger charge is 2.67. The van der Waals surface area contributed by atoms with E-state index in [-0.39, 0.29) is 47.9 Å². The van der Waals surface area contributed by atoms with E-state index in [1.807, 2.05) is 25.1 Å². The van der Waals surface area contributed by atoms with E-state index in [1.54, 1.807) is 36.4 Å². The van der Waals surface area contributed by atoms with Crippen LogP contribution in [0.2, 0.25) is 0 Å². The Hall–Kier alpha value is -4.40. The topological polar surface area (TPSA) is 154 Å². The minimum Gasteiger partial charge on any atom is -0.377 e. The lowest BCUT2D eigenvalue weighted by molar-refractivity contribution is -0.138. The first-order valence-corrected chi connectivity index (χ1v) is 16.2. The van der Waals surface area contributed by atoms with Crippen molar-refractivity contribution in [3.63, 3.8) is 0 Å². The molecule has 0 unspecified atom stereocenters. The van der Waals surface area contributed by atoms with Crippen LogP contribution in [-0.2, 0) is 32.2 Å². The normalized spacial score (nSPS) is 22.6. The highest BCUT2D eigenvalue weighted by Crippen LogP contribution is 2.60. The standard InChI is InChI=1S/C33H33BrN8O5/c1-18-30-23(10-24(37-18)22-13-35-20(3)36-14-22)29(19(2)43)40-41(30)15-28(44)42-25-11-33(12-26(33)42)17-47-9-5-4-8-46-16-21-6-7-27(34)38-31(21)39-32(25)45/h4-7,10,13-14,25-26H,8-9,11-12,15-17H2,1-3H3,(H,38,39,45)/t25-,26+,33-/m0/s1. The van der Waals surface area contributed by atoms with Crippen LogP contribution in [0.1, 0.15) is 47.3 Å². The maximum Gasteiger partial charge on any atom is 0.248 e. The predicted octanol–water partition coefficient (Wildman–Crippen LogP) is 3.97. The van der Waals surface area contributed by atoms with E-state index >= 15 is 0 Å². The van der Waals surface area contributed by atoms with Gasteiger partial charge in [0, 0.05) is 47.3 Å². The third-order valence-electron chi connectivity index (χ3n) is 9.03. The molecule has 0 aromatic carbocycles. The minimum atomic E-state index is -0.749. The monoisotopic (exact) mass is 700 g/mol. The third-order valence-corrected chi connectivity index (χ3v) is 9.47. The van der Waals surface area contributed by atoms with Gasteiger partial charge in [0.2, 0.25) is 11.8 Å². The Morgan fingerprint density at radius 1 is 1.09 bits per heavy atom. The van der Waals surface area contributed by atoms with E-state index in [1.165, 1.54) is 11.6 Å². The Kier molecular flexibility index (Phi) is 8.18. The van der Waals surface area contributed by atoms with Crippen LogP contribution < -0.4 is 5.32 Å². The first kappa shape index (κ1) is 31.2. The summed E-state index contributed by atoms with van der Waals surface area (Å²) in [6, 6.07) is 4.51. The molecule has 3 aliphatic rings. The summed E-state index contributed by atoms with van der Waals surface area (Å²) in [6.45, 7) is 6.37. The molecule has 0 radical (unpaired) electrons. The van der Waals surface area contributed by atoms with E-state index < -0.39 is 6.04 Å². The molecular formula is C33H33BrN8O5. The smallest absolute Gasteiger partial charge is 0.248 e. The summed E-state index contributed by atoms with van der Waals surface area (Å²) in [4.78, 5) is 60.4. The molecule has 7 rings (SSSR count). The first-order valence-electron chi connectivity index (χ1n) is 15.4. The number of Topliss-reactive ketones (excluding diaryl/α,β-unsaturated/α-hetero) is 1. The maximum absolute atomic E-state index is 14.2. The molecule has 2 amide bonds. The number of nitrogens with zero attached hydrogens (tertiary/aromatic N) is 7. The van der Waals surface area contributed by atoms with Gasteiger partial charge >= 0.3 is 0 Å². The molecule has 1 aliphatic carbocycles. The molecule has 1 spiro atoms. The predicted molar refractivity (Wildman–Crippen MR) is 174 cm³/mol. The number of ketones is 1. The fraction of sp³-hybridized carbons (Fsp3) is 0.394. The van der Waals surface area contributed by atoms with Crippen LogP contribution in [0, 0.1) is 19.3 Å². The largest absolute Gasteiger partial charge is 0.377 e. The van der Waals surface area contributed by atoms with Crippen LogP contribution in [-0.4, -0.2) is 84.1 Å². The number of nitrogens with one attached hydrogen (secondary N) is 1. The third kappa shape index (κ3) is 5.96.